The monoisotopic (exact) mass is 496 g/mol. The lowest BCUT2D eigenvalue weighted by molar-refractivity contribution is 0.0734. The highest BCUT2D eigenvalue weighted by Gasteiger charge is 2.56. The van der Waals surface area contributed by atoms with E-state index in [1.807, 2.05) is 24.3 Å². The van der Waals surface area contributed by atoms with Crippen LogP contribution in [-0.4, -0.2) is 5.97 Å². The number of esters is 1. The third kappa shape index (κ3) is 5.91. The summed E-state index contributed by atoms with van der Waals surface area (Å²) in [5.74, 6) is 0.923. The minimum absolute atomic E-state index is 0.377. The molecule has 2 fully saturated rings. The van der Waals surface area contributed by atoms with E-state index >= 15 is 0 Å². The zero-order valence-electron chi connectivity index (χ0n) is 22.5. The summed E-state index contributed by atoms with van der Waals surface area (Å²) in [6, 6.07) is 20.0. The van der Waals surface area contributed by atoms with Gasteiger partial charge in [-0.05, 0) is 72.9 Å². The first kappa shape index (κ1) is 26.9. The molecular formula is C33H40N2O2. The van der Waals surface area contributed by atoms with Gasteiger partial charge in [0.2, 0.25) is 0 Å². The predicted molar refractivity (Wildman–Crippen MR) is 146 cm³/mol. The van der Waals surface area contributed by atoms with Gasteiger partial charge < -0.3 is 4.74 Å². The minimum atomic E-state index is -0.410. The van der Waals surface area contributed by atoms with Crippen molar-refractivity contribution in [1.82, 2.24) is 0 Å². The summed E-state index contributed by atoms with van der Waals surface area (Å²) in [5.41, 5.74) is 1.74. The summed E-state index contributed by atoms with van der Waals surface area (Å²) < 4.78 is 5.62. The van der Waals surface area contributed by atoms with E-state index in [4.69, 9.17) is 4.74 Å². The van der Waals surface area contributed by atoms with Gasteiger partial charge in [0, 0.05) is 0 Å². The molecule has 0 aliphatic heterocycles. The Balaban J connectivity index is 1.31. The Kier molecular flexibility index (Phi) is 8.71. The van der Waals surface area contributed by atoms with E-state index in [9.17, 15) is 15.3 Å². The van der Waals surface area contributed by atoms with Crippen LogP contribution in [0.1, 0.15) is 112 Å². The summed E-state index contributed by atoms with van der Waals surface area (Å²) in [6.45, 7) is 4.42. The molecule has 2 aliphatic carbocycles. The molecule has 37 heavy (non-hydrogen) atoms. The smallest absolute Gasteiger partial charge is 0.343 e. The van der Waals surface area contributed by atoms with E-state index in [0.717, 1.165) is 36.8 Å². The molecule has 4 atom stereocenters. The molecule has 2 aliphatic rings. The van der Waals surface area contributed by atoms with Crippen LogP contribution in [0.4, 0.5) is 0 Å². The number of carbonyl (C=O) groups is 1. The van der Waals surface area contributed by atoms with Crippen LogP contribution in [0.5, 0.6) is 5.75 Å². The summed E-state index contributed by atoms with van der Waals surface area (Å²) in [7, 11) is 0. The number of ether oxygens (including phenoxy) is 1. The van der Waals surface area contributed by atoms with Crippen molar-refractivity contribution < 1.29 is 9.53 Å². The second-order valence-electron chi connectivity index (χ2n) is 11.2. The topological polar surface area (TPSA) is 73.9 Å². The lowest BCUT2D eigenvalue weighted by Gasteiger charge is -2.12. The first-order valence-corrected chi connectivity index (χ1v) is 14.3. The van der Waals surface area contributed by atoms with Crippen LogP contribution in [0.2, 0.25) is 0 Å². The van der Waals surface area contributed by atoms with Crippen molar-refractivity contribution >= 4 is 5.97 Å². The van der Waals surface area contributed by atoms with Crippen molar-refractivity contribution in [3.8, 4) is 17.9 Å². The van der Waals surface area contributed by atoms with Gasteiger partial charge in [-0.3, -0.25) is 0 Å². The third-order valence-corrected chi connectivity index (χ3v) is 8.64. The van der Waals surface area contributed by atoms with Crippen molar-refractivity contribution in [3.63, 3.8) is 0 Å². The zero-order chi connectivity index (χ0) is 26.3. The molecule has 2 saturated carbocycles. The van der Waals surface area contributed by atoms with Crippen molar-refractivity contribution in [2.75, 3.05) is 0 Å². The summed E-state index contributed by atoms with van der Waals surface area (Å²) in [5, 5.41) is 19.8. The Morgan fingerprint density at radius 2 is 1.22 bits per heavy atom. The second kappa shape index (κ2) is 12.0. The molecule has 0 N–H and O–H groups in total. The number of rotatable bonds is 14. The molecule has 2 aromatic rings. The van der Waals surface area contributed by atoms with E-state index in [1.54, 1.807) is 24.3 Å². The number of nitrogens with zero attached hydrogens (tertiary/aromatic N) is 2. The van der Waals surface area contributed by atoms with E-state index in [0.29, 0.717) is 23.1 Å². The molecule has 4 nitrogen and oxygen atoms in total. The van der Waals surface area contributed by atoms with Gasteiger partial charge in [0.15, 0.2) is 0 Å². The fourth-order valence-electron chi connectivity index (χ4n) is 5.99. The van der Waals surface area contributed by atoms with Gasteiger partial charge in [0.05, 0.1) is 28.5 Å². The SMILES string of the molecule is CCCCCC[C@H]1C[C@]1(C#N)c1ccc(OC(=O)c2ccc([C@@]3(C#N)C[C@@H]3CCCCCC)cc2)cc1. The molecule has 0 heterocycles. The van der Waals surface area contributed by atoms with Crippen LogP contribution in [0.3, 0.4) is 0 Å². The van der Waals surface area contributed by atoms with Crippen LogP contribution >= 0.6 is 0 Å². The Hall–Kier alpha value is -3.11. The van der Waals surface area contributed by atoms with Gasteiger partial charge >= 0.3 is 5.97 Å². The van der Waals surface area contributed by atoms with E-state index in [1.165, 1.54) is 51.4 Å². The maximum Gasteiger partial charge on any atom is 0.343 e. The standard InChI is InChI=1S/C33H40N2O2/c1-3-5-7-9-11-28-21-32(28,23-34)26-15-13-25(14-16-26)31(36)37-30-19-17-27(18-20-30)33(24-35)22-29(33)12-10-8-6-4-2/h13-20,28-29H,3-12,21-22H2,1-2H3/t28-,29-,32-,33-/m0/s1. The van der Waals surface area contributed by atoms with Crippen molar-refractivity contribution in [2.45, 2.75) is 102 Å². The van der Waals surface area contributed by atoms with Gasteiger partial charge in [-0.1, -0.05) is 89.5 Å². The highest BCUT2D eigenvalue weighted by Crippen LogP contribution is 2.57. The lowest BCUT2D eigenvalue weighted by atomic mass is 9.92. The van der Waals surface area contributed by atoms with Crippen molar-refractivity contribution in [2.24, 2.45) is 11.8 Å². The van der Waals surface area contributed by atoms with Crippen molar-refractivity contribution in [3.05, 3.63) is 65.2 Å². The van der Waals surface area contributed by atoms with Gasteiger partial charge in [0.25, 0.3) is 0 Å². The normalized spacial score (nSPS) is 25.6. The number of unbranched alkanes of at least 4 members (excludes halogenated alkanes) is 6. The van der Waals surface area contributed by atoms with E-state index in [2.05, 4.69) is 26.0 Å². The van der Waals surface area contributed by atoms with Crippen LogP contribution in [0.25, 0.3) is 0 Å². The minimum Gasteiger partial charge on any atom is -0.423 e. The number of hydrogen-bond donors (Lipinski definition) is 0. The Morgan fingerprint density at radius 1 is 0.757 bits per heavy atom. The fraction of sp³-hybridized carbons (Fsp3) is 0.545. The lowest BCUT2D eigenvalue weighted by Crippen LogP contribution is -2.11. The van der Waals surface area contributed by atoms with Crippen LogP contribution < -0.4 is 4.74 Å². The predicted octanol–water partition coefficient (Wildman–Crippen LogP) is 8.41. The van der Waals surface area contributed by atoms with Crippen LogP contribution in [-0.2, 0) is 10.8 Å². The Morgan fingerprint density at radius 3 is 1.65 bits per heavy atom. The molecule has 194 valence electrons. The first-order valence-electron chi connectivity index (χ1n) is 14.3. The summed E-state index contributed by atoms with van der Waals surface area (Å²) >= 11 is 0. The number of nitriles is 2. The largest absolute Gasteiger partial charge is 0.423 e. The Labute approximate surface area is 222 Å². The maximum absolute atomic E-state index is 12.8. The molecule has 0 spiro atoms. The maximum atomic E-state index is 12.8. The average molecular weight is 497 g/mol. The summed E-state index contributed by atoms with van der Waals surface area (Å²) in [6.07, 6.45) is 13.8. The molecule has 0 unspecified atom stereocenters. The highest BCUT2D eigenvalue weighted by molar-refractivity contribution is 5.91. The molecule has 0 aromatic heterocycles. The van der Waals surface area contributed by atoms with Crippen molar-refractivity contribution in [1.29, 1.82) is 10.5 Å². The number of carbonyl (C=O) groups excluding carboxylic acids is 1. The number of benzene rings is 2. The fourth-order valence-corrected chi connectivity index (χ4v) is 5.99. The number of hydrogen-bond acceptors (Lipinski definition) is 4. The quantitative estimate of drug-likeness (QED) is 0.149. The molecule has 4 heteroatoms. The Bertz CT molecular complexity index is 1140. The van der Waals surface area contributed by atoms with Gasteiger partial charge in [-0.15, -0.1) is 0 Å². The molecule has 0 radical (unpaired) electrons. The van der Waals surface area contributed by atoms with Gasteiger partial charge in [-0.25, -0.2) is 4.79 Å². The van der Waals surface area contributed by atoms with Crippen LogP contribution in [0, 0.1) is 34.5 Å². The van der Waals surface area contributed by atoms with Crippen LogP contribution in [0.15, 0.2) is 48.5 Å². The second-order valence-corrected chi connectivity index (χ2v) is 11.2. The molecule has 0 amide bonds. The average Bonchev–Trinajstić information content (AvgIpc) is 3.84. The van der Waals surface area contributed by atoms with E-state index in [-0.39, 0.29) is 5.41 Å². The van der Waals surface area contributed by atoms with E-state index < -0.39 is 11.4 Å². The molecular weight excluding hydrogens is 456 g/mol. The molecule has 4 rings (SSSR count). The van der Waals surface area contributed by atoms with Gasteiger partial charge in [-0.2, -0.15) is 10.5 Å². The third-order valence-electron chi connectivity index (χ3n) is 8.64. The molecule has 0 bridgehead atoms. The highest BCUT2D eigenvalue weighted by atomic mass is 16.5. The van der Waals surface area contributed by atoms with Gasteiger partial charge in [0.1, 0.15) is 5.75 Å². The summed E-state index contributed by atoms with van der Waals surface area (Å²) in [4.78, 5) is 12.8. The molecule has 0 saturated heterocycles. The molecule has 2 aromatic carbocycles. The zero-order valence-corrected chi connectivity index (χ0v) is 22.5. The first-order chi connectivity index (χ1) is 18.0.